The van der Waals surface area contributed by atoms with Gasteiger partial charge in [0.25, 0.3) is 5.91 Å². The highest BCUT2D eigenvalue weighted by Crippen LogP contribution is 2.24. The number of benzene rings is 2. The van der Waals surface area contributed by atoms with Crippen LogP contribution in [0.15, 0.2) is 54.6 Å². The van der Waals surface area contributed by atoms with Crippen molar-refractivity contribution in [1.82, 2.24) is 15.0 Å². The van der Waals surface area contributed by atoms with Gasteiger partial charge in [0, 0.05) is 61.6 Å². The van der Waals surface area contributed by atoms with Gasteiger partial charge in [-0.15, -0.1) is 0 Å². The number of halogens is 1. The van der Waals surface area contributed by atoms with Gasteiger partial charge in [-0.3, -0.25) is 9.59 Å². The number of hydroxylamine groups is 1. The van der Waals surface area contributed by atoms with E-state index in [1.807, 2.05) is 9.80 Å². The zero-order valence-corrected chi connectivity index (χ0v) is 23.6. The van der Waals surface area contributed by atoms with Crippen molar-refractivity contribution in [2.75, 3.05) is 46.4 Å². The molecule has 228 valence electrons. The fourth-order valence-electron chi connectivity index (χ4n) is 5.34. The smallest absolute Gasteiger partial charge is 0.261 e. The molecule has 2 aliphatic rings. The lowest BCUT2D eigenvalue weighted by atomic mass is 10.0. The molecule has 0 saturated carbocycles. The third kappa shape index (κ3) is 7.57. The molecule has 2 aliphatic heterocycles. The van der Waals surface area contributed by atoms with Crippen molar-refractivity contribution >= 4 is 40.9 Å². The van der Waals surface area contributed by atoms with Gasteiger partial charge in [-0.2, -0.15) is 20.0 Å². The predicted molar refractivity (Wildman–Crippen MR) is 160 cm³/mol. The molecule has 9 N–H and O–H groups in total. The summed E-state index contributed by atoms with van der Waals surface area (Å²) in [5, 5.41) is 7.32. The first-order valence-electron chi connectivity index (χ1n) is 14.0. The number of piperidine rings is 2. The molecule has 5 rings (SSSR count). The van der Waals surface area contributed by atoms with Crippen molar-refractivity contribution in [2.45, 2.75) is 43.4 Å². The largest absolute Gasteiger partial charge is 0.338 e. The number of para-hydroxylation sites is 1. The van der Waals surface area contributed by atoms with Crippen LogP contribution >= 0.6 is 0 Å². The van der Waals surface area contributed by atoms with E-state index < -0.39 is 18.1 Å². The number of ketones is 1. The minimum atomic E-state index is -0.847. The molecule has 0 aliphatic carbocycles. The molecule has 2 aromatic carbocycles. The van der Waals surface area contributed by atoms with Crippen LogP contribution in [0.4, 0.5) is 33.7 Å². The number of rotatable bonds is 9. The predicted octanol–water partition coefficient (Wildman–Crippen LogP) is 0.767. The van der Waals surface area contributed by atoms with E-state index >= 15 is 0 Å². The number of amides is 1. The van der Waals surface area contributed by atoms with Crippen LogP contribution in [-0.4, -0.2) is 77.0 Å². The van der Waals surface area contributed by atoms with Crippen LogP contribution in [0.5, 0.6) is 0 Å². The lowest BCUT2D eigenvalue weighted by molar-refractivity contribution is -0.165. The summed E-state index contributed by atoms with van der Waals surface area (Å²) in [7, 11) is 0. The number of nitrogens with zero attached hydrogens (tertiary/aromatic N) is 6. The van der Waals surface area contributed by atoms with Gasteiger partial charge in [0.05, 0.1) is 12.1 Å². The summed E-state index contributed by atoms with van der Waals surface area (Å²) in [6.07, 6.45) is 0.820. The highest BCUT2D eigenvalue weighted by molar-refractivity contribution is 6.11. The van der Waals surface area contributed by atoms with Crippen molar-refractivity contribution in [3.63, 3.8) is 0 Å². The SMILES string of the molecule is NC1CC(N)CN(c2nc(Nc3ccc(C(=O)CC(=O)N(OF)c4ccccc4)cc3)nc(N3CC(N)CC(N)C3)n2)C1. The van der Waals surface area contributed by atoms with Gasteiger partial charge in [0.2, 0.25) is 17.8 Å². The molecule has 0 radical (unpaired) electrons. The van der Waals surface area contributed by atoms with E-state index in [1.165, 1.54) is 12.1 Å². The quantitative estimate of drug-likeness (QED) is 0.132. The Morgan fingerprint density at radius 3 is 1.81 bits per heavy atom. The van der Waals surface area contributed by atoms with Crippen LogP contribution in [0.2, 0.25) is 0 Å². The molecule has 3 aromatic rings. The number of anilines is 5. The molecule has 0 spiro atoms. The van der Waals surface area contributed by atoms with E-state index in [1.54, 1.807) is 42.5 Å². The minimum absolute atomic E-state index is 0.120. The number of carbonyl (C=O) groups excluding carboxylic acids is 2. The second kappa shape index (κ2) is 13.4. The van der Waals surface area contributed by atoms with E-state index in [9.17, 15) is 14.1 Å². The molecule has 1 aromatic heterocycles. The number of hydrogen-bond donors (Lipinski definition) is 5. The van der Waals surface area contributed by atoms with Gasteiger partial charge >= 0.3 is 0 Å². The molecule has 4 atom stereocenters. The Morgan fingerprint density at radius 2 is 1.33 bits per heavy atom. The van der Waals surface area contributed by atoms with Gasteiger partial charge in [-0.1, -0.05) is 23.2 Å². The highest BCUT2D eigenvalue weighted by Gasteiger charge is 2.29. The molecular formula is C28H36FN11O3. The molecular weight excluding hydrogens is 557 g/mol. The van der Waals surface area contributed by atoms with E-state index in [0.717, 1.165) is 0 Å². The molecule has 3 heterocycles. The number of aromatic nitrogens is 3. The Balaban J connectivity index is 1.33. The van der Waals surface area contributed by atoms with Crippen LogP contribution in [0.25, 0.3) is 0 Å². The average molecular weight is 594 g/mol. The molecule has 15 heteroatoms. The zero-order chi connectivity index (χ0) is 30.5. The number of nitrogens with one attached hydrogen (secondary N) is 1. The molecule has 0 bridgehead atoms. The highest BCUT2D eigenvalue weighted by atomic mass is 19.3. The van der Waals surface area contributed by atoms with Gasteiger partial charge in [-0.05, 0) is 53.8 Å². The second-order valence-corrected chi connectivity index (χ2v) is 11.0. The second-order valence-electron chi connectivity index (χ2n) is 11.0. The van der Waals surface area contributed by atoms with Gasteiger partial charge in [0.1, 0.15) is 0 Å². The lowest BCUT2D eigenvalue weighted by Gasteiger charge is -2.37. The van der Waals surface area contributed by atoms with Crippen LogP contribution in [0, 0.1) is 0 Å². The monoisotopic (exact) mass is 593 g/mol. The number of Topliss-reactive ketones (excluding diaryl/α,β-unsaturated/α-hetero) is 1. The molecule has 43 heavy (non-hydrogen) atoms. The summed E-state index contributed by atoms with van der Waals surface area (Å²) in [5.74, 6) is -0.230. The van der Waals surface area contributed by atoms with Crippen molar-refractivity contribution in [2.24, 2.45) is 22.9 Å². The Morgan fingerprint density at radius 1 is 0.814 bits per heavy atom. The summed E-state index contributed by atoms with van der Waals surface area (Å²) in [5.41, 5.74) is 25.9. The maximum atomic E-state index is 13.1. The zero-order valence-electron chi connectivity index (χ0n) is 23.6. The Labute approximate surface area is 248 Å². The van der Waals surface area contributed by atoms with Gasteiger partial charge in [-0.25, -0.2) is 0 Å². The summed E-state index contributed by atoms with van der Waals surface area (Å²) in [6, 6.07) is 13.9. The number of hydrogen-bond acceptors (Lipinski definition) is 13. The fraction of sp³-hybridized carbons (Fsp3) is 0.393. The van der Waals surface area contributed by atoms with Crippen molar-refractivity contribution in [3.8, 4) is 0 Å². The van der Waals surface area contributed by atoms with Crippen LogP contribution in [-0.2, 0) is 9.84 Å². The summed E-state index contributed by atoms with van der Waals surface area (Å²) in [4.78, 5) is 43.2. The maximum Gasteiger partial charge on any atom is 0.261 e. The van der Waals surface area contributed by atoms with Crippen molar-refractivity contribution in [3.05, 3.63) is 60.2 Å². The molecule has 2 saturated heterocycles. The summed E-state index contributed by atoms with van der Waals surface area (Å²) >= 11 is 0. The van der Waals surface area contributed by atoms with Crippen LogP contribution in [0.3, 0.4) is 0 Å². The standard InChI is InChI=1S/C28H36FN11O3/c29-43-40(23-4-2-1-3-5-23)25(42)12-24(41)17-6-8-22(9-7-17)34-26-35-27(38-13-18(30)10-19(31)14-38)37-28(36-26)39-15-20(32)11-21(33)16-39/h1-9,18-21H,10-16,30-33H2,(H,34,35,36,37). The number of nitrogens with two attached hydrogens (primary N) is 4. The van der Waals surface area contributed by atoms with Crippen molar-refractivity contribution < 1.29 is 19.2 Å². The molecule has 4 unspecified atom stereocenters. The molecule has 2 fully saturated rings. The first kappa shape index (κ1) is 30.2. The van der Waals surface area contributed by atoms with E-state index in [4.69, 9.17) is 27.9 Å². The van der Waals surface area contributed by atoms with Gasteiger partial charge in [0.15, 0.2) is 5.78 Å². The van der Waals surface area contributed by atoms with Crippen molar-refractivity contribution in [1.29, 1.82) is 0 Å². The summed E-state index contributed by atoms with van der Waals surface area (Å²) in [6.45, 7) is 2.17. The fourth-order valence-corrected chi connectivity index (χ4v) is 5.34. The Kier molecular flexibility index (Phi) is 9.37. The minimum Gasteiger partial charge on any atom is -0.338 e. The van der Waals surface area contributed by atoms with Crippen LogP contribution < -0.4 is 43.1 Å². The third-order valence-electron chi connectivity index (χ3n) is 7.27. The maximum absolute atomic E-state index is 13.1. The summed E-state index contributed by atoms with van der Waals surface area (Å²) < 4.78 is 13.1. The Bertz CT molecular complexity index is 1350. The van der Waals surface area contributed by atoms with Crippen LogP contribution in [0.1, 0.15) is 29.6 Å². The normalized spacial score (nSPS) is 22.3. The molecule has 1 amide bonds. The van der Waals surface area contributed by atoms with E-state index in [0.29, 0.717) is 61.7 Å². The first-order chi connectivity index (χ1) is 20.7. The molecule has 14 nitrogen and oxygen atoms in total. The lowest BCUT2D eigenvalue weighted by Crippen LogP contribution is -2.54. The number of carbonyl (C=O) groups is 2. The third-order valence-corrected chi connectivity index (χ3v) is 7.27. The first-order valence-corrected chi connectivity index (χ1v) is 14.0. The van der Waals surface area contributed by atoms with E-state index in [-0.39, 0.29) is 41.4 Å². The van der Waals surface area contributed by atoms with Gasteiger partial charge < -0.3 is 38.1 Å². The topological polar surface area (TPSA) is 208 Å². The Hall–Kier alpha value is -4.28. The average Bonchev–Trinajstić information content (AvgIpc) is 2.97. The van der Waals surface area contributed by atoms with E-state index in [2.05, 4.69) is 20.3 Å².